The van der Waals surface area contributed by atoms with E-state index < -0.39 is 0 Å². The zero-order chi connectivity index (χ0) is 8.53. The van der Waals surface area contributed by atoms with Gasteiger partial charge >= 0.3 is 0 Å². The fourth-order valence-electron chi connectivity index (χ4n) is 0.752. The highest BCUT2D eigenvalue weighted by molar-refractivity contribution is 4.94. The predicted molar refractivity (Wildman–Crippen MR) is 48.6 cm³/mol. The first-order chi connectivity index (χ1) is 5.31. The Morgan fingerprint density at radius 1 is 1.45 bits per heavy atom. The number of hydrogen-bond donors (Lipinski definition) is 2. The molecule has 11 heavy (non-hydrogen) atoms. The van der Waals surface area contributed by atoms with E-state index in [9.17, 15) is 0 Å². The molecule has 0 aromatic heterocycles. The Morgan fingerprint density at radius 2 is 2.18 bits per heavy atom. The molecule has 2 N–H and O–H groups in total. The van der Waals surface area contributed by atoms with E-state index in [0.29, 0.717) is 6.61 Å². The van der Waals surface area contributed by atoms with Crippen LogP contribution in [0, 0.1) is 0 Å². The summed E-state index contributed by atoms with van der Waals surface area (Å²) in [5.74, 6) is 0. The van der Waals surface area contributed by atoms with Gasteiger partial charge in [-0.15, -0.1) is 0 Å². The van der Waals surface area contributed by atoms with E-state index in [1.807, 2.05) is 0 Å². The lowest BCUT2D eigenvalue weighted by Crippen LogP contribution is -2.18. The highest BCUT2D eigenvalue weighted by Gasteiger charge is 1.89. The number of aliphatic hydroxyl groups is 1. The molecule has 66 valence electrons. The van der Waals surface area contributed by atoms with E-state index in [4.69, 9.17) is 5.11 Å². The molecular formula is C9H19NO. The van der Waals surface area contributed by atoms with E-state index in [-0.39, 0.29) is 0 Å². The summed E-state index contributed by atoms with van der Waals surface area (Å²) >= 11 is 0. The average Bonchev–Trinajstić information content (AvgIpc) is 2.04. The Balaban J connectivity index is 2.95. The molecule has 0 amide bonds. The monoisotopic (exact) mass is 157 g/mol. The van der Waals surface area contributed by atoms with Gasteiger partial charge in [0.15, 0.2) is 0 Å². The van der Waals surface area contributed by atoms with E-state index in [2.05, 4.69) is 18.8 Å². The molecule has 0 rings (SSSR count). The largest absolute Gasteiger partial charge is 0.396 e. The first-order valence-corrected chi connectivity index (χ1v) is 4.29. The van der Waals surface area contributed by atoms with E-state index in [1.165, 1.54) is 5.57 Å². The SMILES string of the molecule is C=C(CC)CNCCCCO. The second-order valence-corrected chi connectivity index (χ2v) is 2.71. The van der Waals surface area contributed by atoms with E-state index >= 15 is 0 Å². The summed E-state index contributed by atoms with van der Waals surface area (Å²) in [5.41, 5.74) is 1.24. The van der Waals surface area contributed by atoms with Crippen molar-refractivity contribution < 1.29 is 5.11 Å². The van der Waals surface area contributed by atoms with Gasteiger partial charge in [0.25, 0.3) is 0 Å². The van der Waals surface area contributed by atoms with Crippen LogP contribution in [-0.2, 0) is 0 Å². The van der Waals surface area contributed by atoms with Gasteiger partial charge in [-0.25, -0.2) is 0 Å². The molecule has 0 radical (unpaired) electrons. The summed E-state index contributed by atoms with van der Waals surface area (Å²) in [6.45, 7) is 8.19. The smallest absolute Gasteiger partial charge is 0.0431 e. The molecule has 2 nitrogen and oxygen atoms in total. The van der Waals surface area contributed by atoms with Gasteiger partial charge in [-0.2, -0.15) is 0 Å². The molecule has 0 bridgehead atoms. The Kier molecular flexibility index (Phi) is 7.52. The van der Waals surface area contributed by atoms with Crippen LogP contribution >= 0.6 is 0 Å². The summed E-state index contributed by atoms with van der Waals surface area (Å²) in [7, 11) is 0. The third-order valence-corrected chi connectivity index (χ3v) is 1.64. The zero-order valence-electron chi connectivity index (χ0n) is 7.40. The molecular weight excluding hydrogens is 138 g/mol. The average molecular weight is 157 g/mol. The number of nitrogens with one attached hydrogen (secondary N) is 1. The van der Waals surface area contributed by atoms with Crippen LogP contribution in [0.1, 0.15) is 26.2 Å². The first kappa shape index (κ1) is 10.7. The van der Waals surface area contributed by atoms with Crippen molar-refractivity contribution >= 4 is 0 Å². The van der Waals surface area contributed by atoms with Crippen LogP contribution in [0.2, 0.25) is 0 Å². The van der Waals surface area contributed by atoms with Crippen LogP contribution < -0.4 is 5.32 Å². The van der Waals surface area contributed by atoms with Crippen molar-refractivity contribution in [3.05, 3.63) is 12.2 Å². The van der Waals surface area contributed by atoms with Crippen LogP contribution in [0.3, 0.4) is 0 Å². The summed E-state index contributed by atoms with van der Waals surface area (Å²) in [4.78, 5) is 0. The molecule has 0 fully saturated rings. The maximum Gasteiger partial charge on any atom is 0.0431 e. The van der Waals surface area contributed by atoms with Crippen molar-refractivity contribution in [1.82, 2.24) is 5.32 Å². The lowest BCUT2D eigenvalue weighted by molar-refractivity contribution is 0.284. The number of rotatable bonds is 7. The topological polar surface area (TPSA) is 32.3 Å². The van der Waals surface area contributed by atoms with Crippen LogP contribution in [0.5, 0.6) is 0 Å². The van der Waals surface area contributed by atoms with Gasteiger partial charge in [0.05, 0.1) is 0 Å². The Bertz CT molecular complexity index is 102. The molecule has 0 aromatic carbocycles. The van der Waals surface area contributed by atoms with Crippen molar-refractivity contribution in [2.24, 2.45) is 0 Å². The maximum atomic E-state index is 8.48. The predicted octanol–water partition coefficient (Wildman–Crippen LogP) is 1.31. The second-order valence-electron chi connectivity index (χ2n) is 2.71. The molecule has 0 saturated heterocycles. The molecule has 0 atom stereocenters. The molecule has 2 heteroatoms. The number of hydrogen-bond acceptors (Lipinski definition) is 2. The standard InChI is InChI=1S/C9H19NO/c1-3-9(2)8-10-6-4-5-7-11/h10-11H,2-8H2,1H3. The lowest BCUT2D eigenvalue weighted by Gasteiger charge is -2.04. The Morgan fingerprint density at radius 3 is 2.73 bits per heavy atom. The molecule has 0 spiro atoms. The van der Waals surface area contributed by atoms with Crippen LogP contribution in [0.15, 0.2) is 12.2 Å². The van der Waals surface area contributed by atoms with Gasteiger partial charge in [0, 0.05) is 13.2 Å². The number of unbranched alkanes of at least 4 members (excludes halogenated alkanes) is 1. The minimum Gasteiger partial charge on any atom is -0.396 e. The van der Waals surface area contributed by atoms with Gasteiger partial charge in [0.2, 0.25) is 0 Å². The molecule has 0 aliphatic carbocycles. The summed E-state index contributed by atoms with van der Waals surface area (Å²) in [6.07, 6.45) is 2.99. The fourth-order valence-corrected chi connectivity index (χ4v) is 0.752. The Labute approximate surface area is 69.3 Å². The van der Waals surface area contributed by atoms with Crippen molar-refractivity contribution in [2.45, 2.75) is 26.2 Å². The Hall–Kier alpha value is -0.340. The van der Waals surface area contributed by atoms with E-state index in [1.54, 1.807) is 0 Å². The van der Waals surface area contributed by atoms with Crippen molar-refractivity contribution in [3.8, 4) is 0 Å². The summed E-state index contributed by atoms with van der Waals surface area (Å²) in [5, 5.41) is 11.7. The normalized spacial score (nSPS) is 10.0. The molecule has 0 unspecified atom stereocenters. The van der Waals surface area contributed by atoms with Crippen molar-refractivity contribution in [1.29, 1.82) is 0 Å². The second kappa shape index (κ2) is 7.76. The third-order valence-electron chi connectivity index (χ3n) is 1.64. The lowest BCUT2D eigenvalue weighted by atomic mass is 10.2. The molecule has 0 aromatic rings. The van der Waals surface area contributed by atoms with Crippen LogP contribution in [0.25, 0.3) is 0 Å². The zero-order valence-corrected chi connectivity index (χ0v) is 7.40. The number of aliphatic hydroxyl groups excluding tert-OH is 1. The first-order valence-electron chi connectivity index (χ1n) is 4.29. The van der Waals surface area contributed by atoms with Crippen LogP contribution in [-0.4, -0.2) is 24.8 Å². The third kappa shape index (κ3) is 7.56. The molecule has 0 heterocycles. The molecule has 0 saturated carbocycles. The molecule has 0 aliphatic heterocycles. The summed E-state index contributed by atoms with van der Waals surface area (Å²) in [6, 6.07) is 0. The maximum absolute atomic E-state index is 8.48. The van der Waals surface area contributed by atoms with Gasteiger partial charge in [-0.05, 0) is 25.8 Å². The fraction of sp³-hybridized carbons (Fsp3) is 0.778. The van der Waals surface area contributed by atoms with Crippen molar-refractivity contribution in [3.63, 3.8) is 0 Å². The van der Waals surface area contributed by atoms with Crippen LogP contribution in [0.4, 0.5) is 0 Å². The van der Waals surface area contributed by atoms with Gasteiger partial charge < -0.3 is 10.4 Å². The minimum atomic E-state index is 0.302. The highest BCUT2D eigenvalue weighted by atomic mass is 16.2. The van der Waals surface area contributed by atoms with E-state index in [0.717, 1.165) is 32.4 Å². The molecule has 0 aliphatic rings. The highest BCUT2D eigenvalue weighted by Crippen LogP contribution is 1.93. The van der Waals surface area contributed by atoms with Gasteiger partial charge in [0.1, 0.15) is 0 Å². The van der Waals surface area contributed by atoms with Crippen molar-refractivity contribution in [2.75, 3.05) is 19.7 Å². The van der Waals surface area contributed by atoms with Gasteiger partial charge in [-0.3, -0.25) is 0 Å². The quantitative estimate of drug-likeness (QED) is 0.431. The van der Waals surface area contributed by atoms with Gasteiger partial charge in [-0.1, -0.05) is 19.1 Å². The minimum absolute atomic E-state index is 0.302. The summed E-state index contributed by atoms with van der Waals surface area (Å²) < 4.78 is 0.